The Balaban J connectivity index is 1.85. The molecule has 1 aliphatic rings. The van der Waals surface area contributed by atoms with Crippen LogP contribution in [-0.2, 0) is 13.5 Å². The first kappa shape index (κ1) is 13.2. The van der Waals surface area contributed by atoms with Gasteiger partial charge in [-0.2, -0.15) is 5.10 Å². The fourth-order valence-corrected chi connectivity index (χ4v) is 2.82. The molecule has 5 nitrogen and oxygen atoms in total. The van der Waals surface area contributed by atoms with E-state index in [4.69, 9.17) is 4.98 Å². The minimum absolute atomic E-state index is 0.706. The van der Waals surface area contributed by atoms with Crippen molar-refractivity contribution in [1.82, 2.24) is 25.1 Å². The molecule has 1 saturated heterocycles. The van der Waals surface area contributed by atoms with Crippen molar-refractivity contribution in [2.75, 3.05) is 13.1 Å². The Kier molecular flexibility index (Phi) is 3.78. The van der Waals surface area contributed by atoms with Crippen molar-refractivity contribution in [1.29, 1.82) is 0 Å². The van der Waals surface area contributed by atoms with E-state index in [1.165, 1.54) is 12.8 Å². The van der Waals surface area contributed by atoms with Gasteiger partial charge >= 0.3 is 0 Å². The fourth-order valence-electron chi connectivity index (χ4n) is 2.82. The lowest BCUT2D eigenvalue weighted by Gasteiger charge is -2.22. The van der Waals surface area contributed by atoms with Gasteiger partial charge in [0.25, 0.3) is 0 Å². The van der Waals surface area contributed by atoms with Gasteiger partial charge in [0.2, 0.25) is 0 Å². The highest BCUT2D eigenvalue weighted by molar-refractivity contribution is 5.54. The number of hydrogen-bond acceptors (Lipinski definition) is 4. The summed E-state index contributed by atoms with van der Waals surface area (Å²) in [4.78, 5) is 9.34. The molecule has 0 radical (unpaired) electrons. The second kappa shape index (κ2) is 5.71. The summed E-state index contributed by atoms with van der Waals surface area (Å²) in [6.07, 6.45) is 5.23. The largest absolute Gasteiger partial charge is 0.317 e. The third kappa shape index (κ3) is 2.88. The van der Waals surface area contributed by atoms with Crippen LogP contribution in [0.25, 0.3) is 11.4 Å². The van der Waals surface area contributed by atoms with Gasteiger partial charge in [-0.1, -0.05) is 0 Å². The molecule has 0 bridgehead atoms. The normalized spacial score (nSPS) is 16.5. The second-order valence-corrected chi connectivity index (χ2v) is 5.55. The first-order valence-corrected chi connectivity index (χ1v) is 7.26. The van der Waals surface area contributed by atoms with Crippen molar-refractivity contribution in [2.45, 2.75) is 26.2 Å². The molecule has 0 aromatic carbocycles. The van der Waals surface area contributed by atoms with E-state index in [1.807, 2.05) is 30.8 Å². The van der Waals surface area contributed by atoms with E-state index in [9.17, 15) is 0 Å². The number of nitrogens with one attached hydrogen (secondary N) is 1. The summed E-state index contributed by atoms with van der Waals surface area (Å²) < 4.78 is 1.86. The predicted octanol–water partition coefficient (Wildman–Crippen LogP) is 1.73. The number of aryl methyl sites for hydroxylation is 2. The summed E-state index contributed by atoms with van der Waals surface area (Å²) in [6, 6.07) is 4.03. The van der Waals surface area contributed by atoms with Crippen molar-refractivity contribution >= 4 is 0 Å². The van der Waals surface area contributed by atoms with Crippen molar-refractivity contribution in [3.63, 3.8) is 0 Å². The molecular formula is C15H21N5. The SMILES string of the molecule is Cc1cc(-c2ccnn2C)nc(CC2CCNCC2)n1. The molecule has 20 heavy (non-hydrogen) atoms. The first-order chi connectivity index (χ1) is 9.72. The Morgan fingerprint density at radius 2 is 2.10 bits per heavy atom. The van der Waals surface area contributed by atoms with Crippen LogP contribution in [-0.4, -0.2) is 32.8 Å². The summed E-state index contributed by atoms with van der Waals surface area (Å²) in [5.41, 5.74) is 3.05. The van der Waals surface area contributed by atoms with Gasteiger partial charge in [0, 0.05) is 25.4 Å². The van der Waals surface area contributed by atoms with Crippen LogP contribution in [0.1, 0.15) is 24.4 Å². The summed E-state index contributed by atoms with van der Waals surface area (Å²) in [5, 5.41) is 7.62. The van der Waals surface area contributed by atoms with Crippen LogP contribution in [0.4, 0.5) is 0 Å². The number of aromatic nitrogens is 4. The van der Waals surface area contributed by atoms with Gasteiger partial charge in [0.1, 0.15) is 5.82 Å². The second-order valence-electron chi connectivity index (χ2n) is 5.55. The Morgan fingerprint density at radius 3 is 2.80 bits per heavy atom. The maximum atomic E-state index is 4.74. The Labute approximate surface area is 119 Å². The molecule has 0 atom stereocenters. The molecule has 2 aromatic heterocycles. The molecule has 106 valence electrons. The van der Waals surface area contributed by atoms with E-state index in [0.717, 1.165) is 42.4 Å². The predicted molar refractivity (Wildman–Crippen MR) is 78.3 cm³/mol. The highest BCUT2D eigenvalue weighted by Gasteiger charge is 2.16. The van der Waals surface area contributed by atoms with E-state index in [0.29, 0.717) is 5.92 Å². The van der Waals surface area contributed by atoms with Gasteiger partial charge in [-0.15, -0.1) is 0 Å². The van der Waals surface area contributed by atoms with Crippen LogP contribution in [0.15, 0.2) is 18.3 Å². The van der Waals surface area contributed by atoms with Gasteiger partial charge in [0.15, 0.2) is 0 Å². The lowest BCUT2D eigenvalue weighted by atomic mass is 9.94. The van der Waals surface area contributed by atoms with Crippen LogP contribution in [0.3, 0.4) is 0 Å². The van der Waals surface area contributed by atoms with Crippen molar-refractivity contribution in [3.8, 4) is 11.4 Å². The summed E-state index contributed by atoms with van der Waals surface area (Å²) in [5.74, 6) is 1.67. The molecule has 0 saturated carbocycles. The van der Waals surface area contributed by atoms with Gasteiger partial charge in [0.05, 0.1) is 11.4 Å². The fraction of sp³-hybridized carbons (Fsp3) is 0.533. The van der Waals surface area contributed by atoms with Crippen LogP contribution in [0.2, 0.25) is 0 Å². The summed E-state index contributed by atoms with van der Waals surface area (Å²) in [6.45, 7) is 4.27. The maximum absolute atomic E-state index is 4.74. The topological polar surface area (TPSA) is 55.6 Å². The average molecular weight is 271 g/mol. The number of hydrogen-bond donors (Lipinski definition) is 1. The standard InChI is InChI=1S/C15H21N5/c1-11-9-13(14-5-8-17-20(14)2)19-15(18-11)10-12-3-6-16-7-4-12/h5,8-9,12,16H,3-4,6-7,10H2,1-2H3. The molecule has 3 heterocycles. The van der Waals surface area contributed by atoms with Gasteiger partial charge in [-0.25, -0.2) is 9.97 Å². The lowest BCUT2D eigenvalue weighted by Crippen LogP contribution is -2.29. The van der Waals surface area contributed by atoms with E-state index in [2.05, 4.69) is 15.4 Å². The Hall–Kier alpha value is -1.75. The molecule has 5 heteroatoms. The molecule has 1 N–H and O–H groups in total. The van der Waals surface area contributed by atoms with Crippen molar-refractivity contribution in [3.05, 3.63) is 29.8 Å². The third-order valence-electron chi connectivity index (χ3n) is 3.91. The van der Waals surface area contributed by atoms with Gasteiger partial charge < -0.3 is 5.32 Å². The zero-order valence-corrected chi connectivity index (χ0v) is 12.1. The molecule has 0 amide bonds. The summed E-state index contributed by atoms with van der Waals surface area (Å²) in [7, 11) is 1.94. The van der Waals surface area contributed by atoms with Crippen LogP contribution in [0.5, 0.6) is 0 Å². The highest BCUT2D eigenvalue weighted by atomic mass is 15.3. The molecule has 0 unspecified atom stereocenters. The smallest absolute Gasteiger partial charge is 0.129 e. The first-order valence-electron chi connectivity index (χ1n) is 7.26. The molecule has 1 aliphatic heterocycles. The van der Waals surface area contributed by atoms with Crippen LogP contribution >= 0.6 is 0 Å². The minimum Gasteiger partial charge on any atom is -0.317 e. The molecular weight excluding hydrogens is 250 g/mol. The number of nitrogens with zero attached hydrogens (tertiary/aromatic N) is 4. The van der Waals surface area contributed by atoms with E-state index >= 15 is 0 Å². The quantitative estimate of drug-likeness (QED) is 0.923. The van der Waals surface area contributed by atoms with Crippen molar-refractivity contribution in [2.24, 2.45) is 13.0 Å². The average Bonchev–Trinajstić information content (AvgIpc) is 2.85. The zero-order valence-electron chi connectivity index (χ0n) is 12.1. The Morgan fingerprint density at radius 1 is 1.30 bits per heavy atom. The molecule has 0 aliphatic carbocycles. The lowest BCUT2D eigenvalue weighted by molar-refractivity contribution is 0.367. The minimum atomic E-state index is 0.706. The monoisotopic (exact) mass is 271 g/mol. The molecule has 0 spiro atoms. The van der Waals surface area contributed by atoms with Crippen LogP contribution < -0.4 is 5.32 Å². The van der Waals surface area contributed by atoms with Gasteiger partial charge in [-0.3, -0.25) is 4.68 Å². The number of piperidine rings is 1. The highest BCUT2D eigenvalue weighted by Crippen LogP contribution is 2.20. The maximum Gasteiger partial charge on any atom is 0.129 e. The summed E-state index contributed by atoms with van der Waals surface area (Å²) >= 11 is 0. The molecule has 1 fully saturated rings. The van der Waals surface area contributed by atoms with E-state index < -0.39 is 0 Å². The van der Waals surface area contributed by atoms with Crippen LogP contribution in [0, 0.1) is 12.8 Å². The molecule has 2 aromatic rings. The zero-order chi connectivity index (χ0) is 13.9. The van der Waals surface area contributed by atoms with Crippen molar-refractivity contribution < 1.29 is 0 Å². The van der Waals surface area contributed by atoms with Gasteiger partial charge in [-0.05, 0) is 50.9 Å². The third-order valence-corrected chi connectivity index (χ3v) is 3.91. The Bertz CT molecular complexity index is 584. The van der Waals surface area contributed by atoms with E-state index in [-0.39, 0.29) is 0 Å². The molecule has 3 rings (SSSR count). The van der Waals surface area contributed by atoms with E-state index in [1.54, 1.807) is 6.20 Å². The number of rotatable bonds is 3.